The van der Waals surface area contributed by atoms with E-state index in [1.807, 2.05) is 18.2 Å². The first-order chi connectivity index (χ1) is 18.7. The SMILES string of the molecule is Cn1nc(-c2nnc(C(F)F)s2)c2cc(S(=O)(=O)NC3(C#N)CC3)cc(N3CCN(c4cccnn4)CC3)c21. The number of hydrogen-bond donors (Lipinski definition) is 1. The number of piperazine rings is 1. The van der Waals surface area contributed by atoms with E-state index in [4.69, 9.17) is 0 Å². The maximum Gasteiger partial charge on any atom is 0.291 e. The lowest BCUT2D eigenvalue weighted by Crippen LogP contribution is -2.47. The smallest absolute Gasteiger partial charge is 0.291 e. The molecule has 1 N–H and O–H groups in total. The summed E-state index contributed by atoms with van der Waals surface area (Å²) < 4.78 is 57.5. The summed E-state index contributed by atoms with van der Waals surface area (Å²) in [5.41, 5.74) is 0.398. The van der Waals surface area contributed by atoms with Crippen LogP contribution in [-0.4, -0.2) is 70.3 Å². The normalized spacial score (nSPS) is 17.1. The highest BCUT2D eigenvalue weighted by molar-refractivity contribution is 7.89. The van der Waals surface area contributed by atoms with Crippen molar-refractivity contribution in [2.75, 3.05) is 36.0 Å². The van der Waals surface area contributed by atoms with Gasteiger partial charge in [-0.25, -0.2) is 17.2 Å². The Bertz CT molecular complexity index is 1690. The summed E-state index contributed by atoms with van der Waals surface area (Å²) in [5, 5.41) is 29.7. The molecule has 12 nitrogen and oxygen atoms in total. The van der Waals surface area contributed by atoms with Gasteiger partial charge in [0.2, 0.25) is 10.0 Å². The van der Waals surface area contributed by atoms with Gasteiger partial charge in [-0.3, -0.25) is 4.68 Å². The summed E-state index contributed by atoms with van der Waals surface area (Å²) in [6.45, 7) is 2.34. The molecular weight excluding hydrogens is 550 g/mol. The van der Waals surface area contributed by atoms with Gasteiger partial charge in [0.15, 0.2) is 15.8 Å². The van der Waals surface area contributed by atoms with Crippen LogP contribution in [0.25, 0.3) is 21.6 Å². The molecule has 6 rings (SSSR count). The van der Waals surface area contributed by atoms with E-state index >= 15 is 0 Å². The van der Waals surface area contributed by atoms with Crippen LogP contribution in [0.15, 0.2) is 35.4 Å². The van der Waals surface area contributed by atoms with Crippen molar-refractivity contribution in [3.63, 3.8) is 0 Å². The zero-order valence-corrected chi connectivity index (χ0v) is 22.3. The van der Waals surface area contributed by atoms with Gasteiger partial charge >= 0.3 is 0 Å². The Morgan fingerprint density at radius 2 is 1.87 bits per heavy atom. The van der Waals surface area contributed by atoms with Gasteiger partial charge < -0.3 is 9.80 Å². The molecule has 16 heteroatoms. The number of aromatic nitrogens is 6. The van der Waals surface area contributed by atoms with E-state index in [9.17, 15) is 22.5 Å². The van der Waals surface area contributed by atoms with Crippen molar-refractivity contribution in [2.45, 2.75) is 29.7 Å². The van der Waals surface area contributed by atoms with Gasteiger partial charge in [-0.1, -0.05) is 11.3 Å². The van der Waals surface area contributed by atoms with Crippen molar-refractivity contribution >= 4 is 43.8 Å². The number of nitrogens with zero attached hydrogens (tertiary/aromatic N) is 9. The molecule has 1 aromatic carbocycles. The Labute approximate surface area is 225 Å². The summed E-state index contributed by atoms with van der Waals surface area (Å²) in [5.74, 6) is 0.753. The third kappa shape index (κ3) is 4.66. The van der Waals surface area contributed by atoms with Crippen molar-refractivity contribution in [1.29, 1.82) is 5.26 Å². The van der Waals surface area contributed by atoms with E-state index in [-0.39, 0.29) is 15.6 Å². The minimum absolute atomic E-state index is 0.0456. The number of nitrogens with one attached hydrogen (secondary N) is 1. The summed E-state index contributed by atoms with van der Waals surface area (Å²) >= 11 is 0.709. The van der Waals surface area contributed by atoms with Gasteiger partial charge in [0.1, 0.15) is 11.2 Å². The summed E-state index contributed by atoms with van der Waals surface area (Å²) in [6, 6.07) is 8.78. The van der Waals surface area contributed by atoms with Crippen LogP contribution in [0.2, 0.25) is 0 Å². The lowest BCUT2D eigenvalue weighted by Gasteiger charge is -2.37. The highest BCUT2D eigenvalue weighted by Crippen LogP contribution is 2.40. The predicted molar refractivity (Wildman–Crippen MR) is 139 cm³/mol. The first-order valence-corrected chi connectivity index (χ1v) is 14.4. The average Bonchev–Trinajstić information content (AvgIpc) is 3.37. The molecule has 1 aliphatic heterocycles. The van der Waals surface area contributed by atoms with Gasteiger partial charge in [-0.15, -0.1) is 15.3 Å². The lowest BCUT2D eigenvalue weighted by atomic mass is 10.1. The second kappa shape index (κ2) is 9.43. The molecule has 39 heavy (non-hydrogen) atoms. The van der Waals surface area contributed by atoms with E-state index in [0.717, 1.165) is 5.82 Å². The quantitative estimate of drug-likeness (QED) is 0.350. The molecule has 0 bridgehead atoms. The number of alkyl halides is 2. The van der Waals surface area contributed by atoms with Gasteiger partial charge in [0.25, 0.3) is 6.43 Å². The van der Waals surface area contributed by atoms with Crippen molar-refractivity contribution in [3.8, 4) is 16.8 Å². The van der Waals surface area contributed by atoms with Crippen LogP contribution in [-0.2, 0) is 17.1 Å². The Kier molecular flexibility index (Phi) is 6.16. The molecule has 1 saturated heterocycles. The number of halogens is 2. The van der Waals surface area contributed by atoms with Gasteiger partial charge in [-0.2, -0.15) is 20.2 Å². The third-order valence-corrected chi connectivity index (χ3v) is 9.28. The minimum atomic E-state index is -4.09. The van der Waals surface area contributed by atoms with Gasteiger partial charge in [-0.05, 0) is 37.1 Å². The summed E-state index contributed by atoms with van der Waals surface area (Å²) in [6.07, 6.45) is -0.312. The van der Waals surface area contributed by atoms with Gasteiger partial charge in [0.05, 0.1) is 22.2 Å². The van der Waals surface area contributed by atoms with Crippen LogP contribution in [0.1, 0.15) is 24.3 Å². The molecule has 1 saturated carbocycles. The van der Waals surface area contributed by atoms with E-state index in [1.165, 1.54) is 6.07 Å². The topological polar surface area (TPSA) is 146 Å². The van der Waals surface area contributed by atoms with E-state index in [0.29, 0.717) is 66.9 Å². The molecule has 0 atom stereocenters. The molecule has 2 fully saturated rings. The molecule has 3 aromatic heterocycles. The summed E-state index contributed by atoms with van der Waals surface area (Å²) in [4.78, 5) is 4.10. The molecule has 1 aliphatic carbocycles. The number of hydrogen-bond acceptors (Lipinski definition) is 11. The number of sulfonamides is 1. The van der Waals surface area contributed by atoms with Crippen molar-refractivity contribution in [2.24, 2.45) is 7.05 Å². The highest BCUT2D eigenvalue weighted by Gasteiger charge is 2.47. The largest absolute Gasteiger partial charge is 0.366 e. The minimum Gasteiger partial charge on any atom is -0.366 e. The third-order valence-electron chi connectivity index (χ3n) is 6.83. The maximum absolute atomic E-state index is 13.5. The highest BCUT2D eigenvalue weighted by atomic mass is 32.2. The molecular formula is C23H22F2N10O2S2. The fourth-order valence-corrected chi connectivity index (χ4v) is 6.78. The van der Waals surface area contributed by atoms with Crippen LogP contribution in [0, 0.1) is 11.3 Å². The lowest BCUT2D eigenvalue weighted by molar-refractivity contribution is 0.150. The fraction of sp³-hybridized carbons (Fsp3) is 0.391. The van der Waals surface area contributed by atoms with E-state index in [2.05, 4.69) is 40.0 Å². The van der Waals surface area contributed by atoms with E-state index < -0.39 is 27.0 Å². The molecule has 2 aliphatic rings. The van der Waals surface area contributed by atoms with Crippen molar-refractivity contribution < 1.29 is 17.2 Å². The Morgan fingerprint density at radius 1 is 1.13 bits per heavy atom. The van der Waals surface area contributed by atoms with Crippen LogP contribution in [0.3, 0.4) is 0 Å². The Balaban J connectivity index is 1.44. The van der Waals surface area contributed by atoms with E-state index in [1.54, 1.807) is 24.0 Å². The average molecular weight is 573 g/mol. The molecule has 0 radical (unpaired) electrons. The molecule has 4 heterocycles. The summed E-state index contributed by atoms with van der Waals surface area (Å²) in [7, 11) is -2.38. The Hall–Kier alpha value is -3.81. The number of rotatable bonds is 7. The maximum atomic E-state index is 13.5. The zero-order chi connectivity index (χ0) is 27.4. The van der Waals surface area contributed by atoms with Crippen molar-refractivity contribution in [3.05, 3.63) is 35.5 Å². The number of benzene rings is 1. The van der Waals surface area contributed by atoms with Crippen LogP contribution >= 0.6 is 11.3 Å². The number of nitriles is 1. The zero-order valence-electron chi connectivity index (χ0n) is 20.6. The number of fused-ring (bicyclic) bond motifs is 1. The molecule has 0 unspecified atom stereocenters. The second-order valence-electron chi connectivity index (χ2n) is 9.41. The number of anilines is 2. The fourth-order valence-electron chi connectivity index (χ4n) is 4.66. The molecule has 0 amide bonds. The van der Waals surface area contributed by atoms with Crippen LogP contribution in [0.5, 0.6) is 0 Å². The van der Waals surface area contributed by atoms with Gasteiger partial charge in [0, 0.05) is 44.8 Å². The second-order valence-corrected chi connectivity index (χ2v) is 12.1. The molecule has 202 valence electrons. The van der Waals surface area contributed by atoms with Crippen molar-refractivity contribution in [1.82, 2.24) is 34.9 Å². The molecule has 0 spiro atoms. The first kappa shape index (κ1) is 25.5. The van der Waals surface area contributed by atoms with Crippen LogP contribution < -0.4 is 14.5 Å². The predicted octanol–water partition coefficient (Wildman–Crippen LogP) is 2.48. The van der Waals surface area contributed by atoms with Crippen LogP contribution in [0.4, 0.5) is 20.3 Å². The Morgan fingerprint density at radius 3 is 2.49 bits per heavy atom. The molecule has 4 aromatic rings. The standard InChI is InChI=1S/C23H22F2N10O2S2/c1-33-19-15(18(31-33)21-29-30-22(38-21)20(24)25)11-14(39(36,37)32-23(13-26)4-5-23)12-16(19)34-7-9-35(10-8-34)17-3-2-6-27-28-17/h2-3,6,11-12,20,32H,4-5,7-10H2,1H3. The number of aryl methyl sites for hydroxylation is 1. The monoisotopic (exact) mass is 572 g/mol. The first-order valence-electron chi connectivity index (χ1n) is 12.1.